The van der Waals surface area contributed by atoms with Gasteiger partial charge in [0.15, 0.2) is 0 Å². The van der Waals surface area contributed by atoms with Crippen molar-refractivity contribution in [3.63, 3.8) is 0 Å². The lowest BCUT2D eigenvalue weighted by Crippen LogP contribution is -2.46. The van der Waals surface area contributed by atoms with Gasteiger partial charge in [-0.05, 0) is 38.4 Å². The summed E-state index contributed by atoms with van der Waals surface area (Å²) in [5.74, 6) is 0.235. The Morgan fingerprint density at radius 1 is 1.56 bits per heavy atom. The van der Waals surface area contributed by atoms with E-state index in [1.165, 1.54) is 0 Å². The van der Waals surface area contributed by atoms with E-state index in [4.69, 9.17) is 4.42 Å². The average molecular weight is 251 g/mol. The molecule has 4 heteroatoms. The fourth-order valence-corrected chi connectivity index (χ4v) is 2.76. The molecule has 0 aromatic carbocycles. The third kappa shape index (κ3) is 3.13. The summed E-state index contributed by atoms with van der Waals surface area (Å²) in [5.41, 5.74) is 0. The van der Waals surface area contributed by atoms with Crippen molar-refractivity contribution in [2.45, 2.75) is 51.1 Å². The van der Waals surface area contributed by atoms with Crippen LogP contribution in [0.4, 0.5) is 0 Å². The minimum Gasteiger partial charge on any atom is -0.480 e. The molecule has 2 atom stereocenters. The molecule has 2 heterocycles. The summed E-state index contributed by atoms with van der Waals surface area (Å²) < 4.78 is 5.35. The molecule has 0 spiro atoms. The summed E-state index contributed by atoms with van der Waals surface area (Å²) in [5, 5.41) is 9.34. The van der Waals surface area contributed by atoms with E-state index in [-0.39, 0.29) is 12.1 Å². The number of carbonyl (C=O) groups is 1. The molecule has 1 aliphatic rings. The number of aliphatic carboxylic acids is 1. The second kappa shape index (κ2) is 6.05. The Bertz CT molecular complexity index is 374. The molecular weight excluding hydrogens is 230 g/mol. The lowest BCUT2D eigenvalue weighted by Gasteiger charge is -2.32. The molecule has 2 rings (SSSR count). The molecule has 1 aliphatic heterocycles. The van der Waals surface area contributed by atoms with E-state index in [2.05, 4.69) is 11.8 Å². The fourth-order valence-electron chi connectivity index (χ4n) is 2.76. The zero-order valence-corrected chi connectivity index (χ0v) is 10.8. The lowest BCUT2D eigenvalue weighted by atomic mass is 10.1. The maximum Gasteiger partial charge on any atom is 0.320 e. The maximum absolute atomic E-state index is 11.4. The molecule has 0 saturated carbocycles. The van der Waals surface area contributed by atoms with E-state index >= 15 is 0 Å². The first-order valence-electron chi connectivity index (χ1n) is 6.69. The number of hydrogen-bond donors (Lipinski definition) is 1. The normalized spacial score (nSPS) is 23.5. The molecule has 1 aromatic rings. The second-order valence-corrected chi connectivity index (χ2v) is 5.07. The van der Waals surface area contributed by atoms with E-state index in [1.807, 2.05) is 12.1 Å². The number of hydrogen-bond acceptors (Lipinski definition) is 3. The van der Waals surface area contributed by atoms with E-state index in [9.17, 15) is 9.90 Å². The van der Waals surface area contributed by atoms with Gasteiger partial charge in [-0.3, -0.25) is 9.69 Å². The second-order valence-electron chi connectivity index (χ2n) is 5.07. The van der Waals surface area contributed by atoms with Gasteiger partial charge in [0, 0.05) is 12.5 Å². The van der Waals surface area contributed by atoms with Crippen molar-refractivity contribution in [1.82, 2.24) is 4.90 Å². The van der Waals surface area contributed by atoms with Crippen LogP contribution in [0, 0.1) is 0 Å². The van der Waals surface area contributed by atoms with Gasteiger partial charge in [0.25, 0.3) is 0 Å². The van der Waals surface area contributed by atoms with Gasteiger partial charge in [-0.25, -0.2) is 0 Å². The minimum absolute atomic E-state index is 0.204. The van der Waals surface area contributed by atoms with Crippen LogP contribution in [0.1, 0.15) is 38.4 Å². The average Bonchev–Trinajstić information content (AvgIpc) is 2.70. The summed E-state index contributed by atoms with van der Waals surface area (Å²) in [7, 11) is 0. The van der Waals surface area contributed by atoms with E-state index in [1.54, 1.807) is 6.26 Å². The van der Waals surface area contributed by atoms with Gasteiger partial charge in [-0.15, -0.1) is 0 Å². The molecule has 0 amide bonds. The van der Waals surface area contributed by atoms with Crippen molar-refractivity contribution >= 4 is 5.97 Å². The van der Waals surface area contributed by atoms with Crippen molar-refractivity contribution < 1.29 is 14.3 Å². The third-order valence-corrected chi connectivity index (χ3v) is 3.72. The van der Waals surface area contributed by atoms with Gasteiger partial charge in [0.1, 0.15) is 11.8 Å². The number of nitrogens with zero attached hydrogens (tertiary/aromatic N) is 1. The first-order valence-corrected chi connectivity index (χ1v) is 6.69. The van der Waals surface area contributed by atoms with Gasteiger partial charge < -0.3 is 9.52 Å². The summed E-state index contributed by atoms with van der Waals surface area (Å²) in [6.07, 6.45) is 6.44. The predicted molar refractivity (Wildman–Crippen MR) is 68.5 cm³/mol. The Morgan fingerprint density at radius 3 is 3.06 bits per heavy atom. The largest absolute Gasteiger partial charge is 0.480 e. The molecule has 0 bridgehead atoms. The Balaban J connectivity index is 2.04. The summed E-state index contributed by atoms with van der Waals surface area (Å²) in [6, 6.07) is 3.69. The van der Waals surface area contributed by atoms with Crippen LogP contribution in [0.3, 0.4) is 0 Å². The molecule has 1 aromatic heterocycles. The highest BCUT2D eigenvalue weighted by Crippen LogP contribution is 2.21. The Labute approximate surface area is 108 Å². The topological polar surface area (TPSA) is 53.7 Å². The Hall–Kier alpha value is -1.29. The molecule has 18 heavy (non-hydrogen) atoms. The van der Waals surface area contributed by atoms with Crippen molar-refractivity contribution in [2.75, 3.05) is 6.54 Å². The molecule has 1 N–H and O–H groups in total. The smallest absolute Gasteiger partial charge is 0.320 e. The molecular formula is C14H21NO3. The van der Waals surface area contributed by atoms with Crippen LogP contribution in [0.2, 0.25) is 0 Å². The zero-order chi connectivity index (χ0) is 13.0. The lowest BCUT2D eigenvalue weighted by molar-refractivity contribution is -0.144. The summed E-state index contributed by atoms with van der Waals surface area (Å²) in [6.45, 7) is 2.96. The number of furan rings is 1. The van der Waals surface area contributed by atoms with Gasteiger partial charge in [0.05, 0.1) is 6.26 Å². The Kier molecular flexibility index (Phi) is 4.42. The highest BCUT2D eigenvalue weighted by atomic mass is 16.4. The first-order chi connectivity index (χ1) is 8.68. The van der Waals surface area contributed by atoms with Crippen LogP contribution < -0.4 is 0 Å². The molecule has 2 unspecified atom stereocenters. The first kappa shape index (κ1) is 13.1. The Morgan fingerprint density at radius 2 is 2.39 bits per heavy atom. The van der Waals surface area contributed by atoms with Crippen molar-refractivity contribution in [2.24, 2.45) is 0 Å². The van der Waals surface area contributed by atoms with Crippen LogP contribution in [0.5, 0.6) is 0 Å². The fraction of sp³-hybridized carbons (Fsp3) is 0.643. The zero-order valence-electron chi connectivity index (χ0n) is 10.8. The number of carboxylic acids is 1. The standard InChI is InChI=1S/C14H21NO3/c1-11(10-12-6-5-9-18-12)15-8-4-2-3-7-13(15)14(16)17/h5-6,9,11,13H,2-4,7-8,10H2,1H3,(H,16,17). The van der Waals surface area contributed by atoms with Crippen molar-refractivity contribution in [1.29, 1.82) is 0 Å². The third-order valence-electron chi connectivity index (χ3n) is 3.72. The molecule has 1 saturated heterocycles. The number of carboxylic acid groups (broad SMARTS) is 1. The quantitative estimate of drug-likeness (QED) is 0.893. The van der Waals surface area contributed by atoms with Crippen LogP contribution in [0.25, 0.3) is 0 Å². The van der Waals surface area contributed by atoms with E-state index in [0.717, 1.165) is 44.4 Å². The molecule has 1 fully saturated rings. The van der Waals surface area contributed by atoms with Crippen molar-refractivity contribution in [3.8, 4) is 0 Å². The van der Waals surface area contributed by atoms with Gasteiger partial charge >= 0.3 is 5.97 Å². The summed E-state index contributed by atoms with van der Waals surface area (Å²) >= 11 is 0. The summed E-state index contributed by atoms with van der Waals surface area (Å²) in [4.78, 5) is 13.5. The van der Waals surface area contributed by atoms with Crippen LogP contribution in [-0.2, 0) is 11.2 Å². The van der Waals surface area contributed by atoms with Crippen LogP contribution in [-0.4, -0.2) is 34.6 Å². The van der Waals surface area contributed by atoms with Gasteiger partial charge in [-0.1, -0.05) is 12.8 Å². The number of rotatable bonds is 4. The highest BCUT2D eigenvalue weighted by Gasteiger charge is 2.30. The molecule has 100 valence electrons. The van der Waals surface area contributed by atoms with Gasteiger partial charge in [0.2, 0.25) is 0 Å². The molecule has 4 nitrogen and oxygen atoms in total. The van der Waals surface area contributed by atoms with Gasteiger partial charge in [-0.2, -0.15) is 0 Å². The monoisotopic (exact) mass is 251 g/mol. The highest BCUT2D eigenvalue weighted by molar-refractivity contribution is 5.73. The predicted octanol–water partition coefficient (Wildman–Crippen LogP) is 2.54. The van der Waals surface area contributed by atoms with E-state index < -0.39 is 5.97 Å². The minimum atomic E-state index is -0.691. The van der Waals surface area contributed by atoms with E-state index in [0.29, 0.717) is 0 Å². The maximum atomic E-state index is 11.4. The number of likely N-dealkylation sites (tertiary alicyclic amines) is 1. The SMILES string of the molecule is CC(Cc1ccco1)N1CCCCCC1C(=O)O. The molecule has 0 aliphatic carbocycles. The van der Waals surface area contributed by atoms with Crippen LogP contribution in [0.15, 0.2) is 22.8 Å². The van der Waals surface area contributed by atoms with Crippen molar-refractivity contribution in [3.05, 3.63) is 24.2 Å². The molecule has 0 radical (unpaired) electrons. The van der Waals surface area contributed by atoms with Crippen LogP contribution >= 0.6 is 0 Å².